The van der Waals surface area contributed by atoms with Crippen LogP contribution in [0.3, 0.4) is 0 Å². The molecule has 1 unspecified atom stereocenters. The standard InChI is InChI=1S/C19H20N2O5/c22-19(18-10-20-6-7-23-18)21-14-3-1-2-13(8-14)11-24-15-4-5-16-17(9-15)26-12-25-16/h1-5,8-9,18,20H,6-7,10-12H2,(H,21,22). The van der Waals surface area contributed by atoms with Crippen molar-refractivity contribution in [1.82, 2.24) is 5.32 Å². The molecule has 2 N–H and O–H groups in total. The smallest absolute Gasteiger partial charge is 0.254 e. The molecule has 1 atom stereocenters. The van der Waals surface area contributed by atoms with Gasteiger partial charge in [-0.25, -0.2) is 0 Å². The third-order valence-electron chi connectivity index (χ3n) is 4.16. The average molecular weight is 356 g/mol. The molecule has 0 aliphatic carbocycles. The molecule has 2 aromatic rings. The Balaban J connectivity index is 1.35. The number of carbonyl (C=O) groups excluding carboxylic acids is 1. The van der Waals surface area contributed by atoms with Crippen LogP contribution >= 0.6 is 0 Å². The van der Waals surface area contributed by atoms with Gasteiger partial charge in [-0.2, -0.15) is 0 Å². The maximum atomic E-state index is 12.2. The Kier molecular flexibility index (Phi) is 4.90. The molecule has 0 radical (unpaired) electrons. The van der Waals surface area contributed by atoms with Crippen molar-refractivity contribution in [3.05, 3.63) is 48.0 Å². The summed E-state index contributed by atoms with van der Waals surface area (Å²) in [4.78, 5) is 12.2. The summed E-state index contributed by atoms with van der Waals surface area (Å²) in [6.07, 6.45) is -0.461. The second-order valence-corrected chi connectivity index (χ2v) is 6.06. The Hall–Kier alpha value is -2.77. The minimum atomic E-state index is -0.461. The second-order valence-electron chi connectivity index (χ2n) is 6.06. The van der Waals surface area contributed by atoms with E-state index in [1.807, 2.05) is 36.4 Å². The lowest BCUT2D eigenvalue weighted by Crippen LogP contribution is -2.45. The van der Waals surface area contributed by atoms with Gasteiger partial charge in [-0.3, -0.25) is 4.79 Å². The van der Waals surface area contributed by atoms with Gasteiger partial charge in [-0.05, 0) is 29.8 Å². The number of morpholine rings is 1. The van der Waals surface area contributed by atoms with Gasteiger partial charge in [-0.1, -0.05) is 12.1 Å². The van der Waals surface area contributed by atoms with E-state index in [2.05, 4.69) is 10.6 Å². The van der Waals surface area contributed by atoms with Gasteiger partial charge in [-0.15, -0.1) is 0 Å². The zero-order chi connectivity index (χ0) is 17.8. The zero-order valence-electron chi connectivity index (χ0n) is 14.2. The normalized spacial score (nSPS) is 18.4. The van der Waals surface area contributed by atoms with Crippen LogP contribution in [-0.4, -0.2) is 38.5 Å². The number of hydrogen-bond acceptors (Lipinski definition) is 6. The number of rotatable bonds is 5. The van der Waals surface area contributed by atoms with Crippen molar-refractivity contribution in [2.75, 3.05) is 31.8 Å². The van der Waals surface area contributed by atoms with E-state index in [0.717, 1.165) is 23.5 Å². The molecule has 0 bridgehead atoms. The predicted molar refractivity (Wildman–Crippen MR) is 94.6 cm³/mol. The fourth-order valence-corrected chi connectivity index (χ4v) is 2.83. The molecule has 2 aromatic carbocycles. The van der Waals surface area contributed by atoms with Gasteiger partial charge in [0.05, 0.1) is 6.61 Å². The highest BCUT2D eigenvalue weighted by Gasteiger charge is 2.21. The maximum absolute atomic E-state index is 12.2. The molecule has 2 aliphatic heterocycles. The SMILES string of the molecule is O=C(Nc1cccc(COc2ccc3c(c2)OCO3)c1)C1CNCCO1. The molecule has 1 amide bonds. The highest BCUT2D eigenvalue weighted by molar-refractivity contribution is 5.94. The molecule has 0 aromatic heterocycles. The van der Waals surface area contributed by atoms with E-state index in [0.29, 0.717) is 31.3 Å². The molecular weight excluding hydrogens is 336 g/mol. The molecular formula is C19H20N2O5. The Morgan fingerprint density at radius 3 is 3.00 bits per heavy atom. The Morgan fingerprint density at radius 1 is 1.19 bits per heavy atom. The first kappa shape index (κ1) is 16.7. The van der Waals surface area contributed by atoms with Crippen LogP contribution in [0.4, 0.5) is 5.69 Å². The number of ether oxygens (including phenoxy) is 4. The van der Waals surface area contributed by atoms with Gasteiger partial charge in [0.2, 0.25) is 6.79 Å². The van der Waals surface area contributed by atoms with E-state index in [-0.39, 0.29) is 12.7 Å². The summed E-state index contributed by atoms with van der Waals surface area (Å²) in [5, 5.41) is 6.03. The highest BCUT2D eigenvalue weighted by Crippen LogP contribution is 2.35. The first-order valence-electron chi connectivity index (χ1n) is 8.52. The monoisotopic (exact) mass is 356 g/mol. The molecule has 2 heterocycles. The Bertz CT molecular complexity index is 789. The number of anilines is 1. The van der Waals surface area contributed by atoms with Crippen LogP contribution in [0.2, 0.25) is 0 Å². The van der Waals surface area contributed by atoms with Crippen LogP contribution in [0.1, 0.15) is 5.56 Å². The van der Waals surface area contributed by atoms with Crippen molar-refractivity contribution >= 4 is 11.6 Å². The van der Waals surface area contributed by atoms with Crippen LogP contribution in [-0.2, 0) is 16.1 Å². The van der Waals surface area contributed by atoms with E-state index in [9.17, 15) is 4.79 Å². The first-order valence-corrected chi connectivity index (χ1v) is 8.52. The summed E-state index contributed by atoms with van der Waals surface area (Å²) in [5.74, 6) is 1.96. The van der Waals surface area contributed by atoms with Gasteiger partial charge in [0.15, 0.2) is 11.5 Å². The van der Waals surface area contributed by atoms with Crippen molar-refractivity contribution in [3.8, 4) is 17.2 Å². The topological polar surface area (TPSA) is 78.1 Å². The second kappa shape index (κ2) is 7.63. The molecule has 7 nitrogen and oxygen atoms in total. The zero-order valence-corrected chi connectivity index (χ0v) is 14.2. The number of hydrogen-bond donors (Lipinski definition) is 2. The summed E-state index contributed by atoms with van der Waals surface area (Å²) < 4.78 is 21.9. The van der Waals surface area contributed by atoms with Gasteiger partial charge in [0.1, 0.15) is 18.5 Å². The number of carbonyl (C=O) groups is 1. The van der Waals surface area contributed by atoms with Crippen molar-refractivity contribution in [2.24, 2.45) is 0 Å². The molecule has 26 heavy (non-hydrogen) atoms. The molecule has 1 fully saturated rings. The first-order chi connectivity index (χ1) is 12.8. The average Bonchev–Trinajstić information content (AvgIpc) is 3.15. The third kappa shape index (κ3) is 3.89. The van der Waals surface area contributed by atoms with Crippen molar-refractivity contribution in [3.63, 3.8) is 0 Å². The molecule has 1 saturated heterocycles. The minimum Gasteiger partial charge on any atom is -0.489 e. The van der Waals surface area contributed by atoms with Crippen LogP contribution in [0.5, 0.6) is 17.2 Å². The molecule has 7 heteroatoms. The molecule has 136 valence electrons. The molecule has 0 spiro atoms. The lowest BCUT2D eigenvalue weighted by molar-refractivity contribution is -0.128. The largest absolute Gasteiger partial charge is 0.489 e. The number of fused-ring (bicyclic) bond motifs is 1. The third-order valence-corrected chi connectivity index (χ3v) is 4.16. The van der Waals surface area contributed by atoms with E-state index in [1.165, 1.54) is 0 Å². The summed E-state index contributed by atoms with van der Waals surface area (Å²) in [6, 6.07) is 13.0. The summed E-state index contributed by atoms with van der Waals surface area (Å²) in [5.41, 5.74) is 1.67. The van der Waals surface area contributed by atoms with Gasteiger partial charge in [0, 0.05) is 24.8 Å². The number of amides is 1. The predicted octanol–water partition coefficient (Wildman–Crippen LogP) is 1.92. The quantitative estimate of drug-likeness (QED) is 0.852. The Morgan fingerprint density at radius 2 is 2.12 bits per heavy atom. The van der Waals surface area contributed by atoms with Crippen LogP contribution in [0.25, 0.3) is 0 Å². The van der Waals surface area contributed by atoms with Crippen molar-refractivity contribution < 1.29 is 23.7 Å². The van der Waals surface area contributed by atoms with Crippen molar-refractivity contribution in [1.29, 1.82) is 0 Å². The van der Waals surface area contributed by atoms with Crippen molar-refractivity contribution in [2.45, 2.75) is 12.7 Å². The summed E-state index contributed by atoms with van der Waals surface area (Å²) in [7, 11) is 0. The highest BCUT2D eigenvalue weighted by atomic mass is 16.7. The van der Waals surface area contributed by atoms with Crippen LogP contribution < -0.4 is 24.8 Å². The Labute approximate surface area is 151 Å². The van der Waals surface area contributed by atoms with Crippen LogP contribution in [0.15, 0.2) is 42.5 Å². The van der Waals surface area contributed by atoms with E-state index < -0.39 is 6.10 Å². The minimum absolute atomic E-state index is 0.147. The number of benzene rings is 2. The summed E-state index contributed by atoms with van der Waals surface area (Å²) >= 11 is 0. The van der Waals surface area contributed by atoms with Gasteiger partial charge >= 0.3 is 0 Å². The summed E-state index contributed by atoms with van der Waals surface area (Å²) in [6.45, 7) is 2.46. The van der Waals surface area contributed by atoms with Crippen LogP contribution in [0, 0.1) is 0 Å². The molecule has 2 aliphatic rings. The van der Waals surface area contributed by atoms with E-state index in [4.69, 9.17) is 18.9 Å². The fraction of sp³-hybridized carbons (Fsp3) is 0.316. The fourth-order valence-electron chi connectivity index (χ4n) is 2.83. The van der Waals surface area contributed by atoms with E-state index >= 15 is 0 Å². The lowest BCUT2D eigenvalue weighted by atomic mass is 10.2. The number of nitrogens with one attached hydrogen (secondary N) is 2. The van der Waals surface area contributed by atoms with Gasteiger partial charge in [0.25, 0.3) is 5.91 Å². The molecule has 4 rings (SSSR count). The lowest BCUT2D eigenvalue weighted by Gasteiger charge is -2.22. The van der Waals surface area contributed by atoms with E-state index in [1.54, 1.807) is 6.07 Å². The molecule has 0 saturated carbocycles. The van der Waals surface area contributed by atoms with Gasteiger partial charge < -0.3 is 29.6 Å². The maximum Gasteiger partial charge on any atom is 0.254 e.